The summed E-state index contributed by atoms with van der Waals surface area (Å²) < 4.78 is 7.46. The highest BCUT2D eigenvalue weighted by Gasteiger charge is 1.97. The Morgan fingerprint density at radius 3 is 3.00 bits per heavy atom. The van der Waals surface area contributed by atoms with E-state index in [9.17, 15) is 0 Å². The van der Waals surface area contributed by atoms with E-state index in [0.29, 0.717) is 6.61 Å². The Balaban J connectivity index is 1.72. The zero-order valence-electron chi connectivity index (χ0n) is 11.2. The molecule has 1 N–H and O–H groups in total. The zero-order chi connectivity index (χ0) is 13.3. The van der Waals surface area contributed by atoms with Gasteiger partial charge >= 0.3 is 0 Å². The van der Waals surface area contributed by atoms with E-state index in [0.717, 1.165) is 37.5 Å². The first-order valence-electron chi connectivity index (χ1n) is 6.64. The molecule has 0 aliphatic rings. The topological polar surface area (TPSA) is 52.0 Å². The van der Waals surface area contributed by atoms with Gasteiger partial charge in [-0.3, -0.25) is 9.67 Å². The minimum Gasteiger partial charge on any atom is -0.490 e. The summed E-state index contributed by atoms with van der Waals surface area (Å²) in [5.41, 5.74) is 1.04. The van der Waals surface area contributed by atoms with Gasteiger partial charge in [0.15, 0.2) is 0 Å². The summed E-state index contributed by atoms with van der Waals surface area (Å²) in [5, 5.41) is 7.43. The molecular formula is C14H20N4O. The summed E-state index contributed by atoms with van der Waals surface area (Å²) in [6.45, 7) is 5.31. The number of hydrogen-bond donors (Lipinski definition) is 1. The molecule has 0 amide bonds. The Labute approximate surface area is 113 Å². The fourth-order valence-corrected chi connectivity index (χ4v) is 1.68. The van der Waals surface area contributed by atoms with Crippen LogP contribution in [0, 0.1) is 0 Å². The van der Waals surface area contributed by atoms with Crippen molar-refractivity contribution in [2.75, 3.05) is 13.2 Å². The van der Waals surface area contributed by atoms with Crippen LogP contribution in [-0.4, -0.2) is 27.9 Å². The average Bonchev–Trinajstić information content (AvgIpc) is 2.94. The van der Waals surface area contributed by atoms with Crippen molar-refractivity contribution in [3.63, 3.8) is 0 Å². The van der Waals surface area contributed by atoms with Crippen LogP contribution in [0.4, 0.5) is 0 Å². The molecule has 0 saturated carbocycles. The highest BCUT2D eigenvalue weighted by Crippen LogP contribution is 2.09. The highest BCUT2D eigenvalue weighted by atomic mass is 16.5. The molecule has 19 heavy (non-hydrogen) atoms. The first-order chi connectivity index (χ1) is 9.38. The molecule has 5 nitrogen and oxygen atoms in total. The fraction of sp³-hybridized carbons (Fsp3) is 0.429. The van der Waals surface area contributed by atoms with E-state index in [1.807, 2.05) is 29.1 Å². The van der Waals surface area contributed by atoms with Crippen LogP contribution in [0.2, 0.25) is 0 Å². The van der Waals surface area contributed by atoms with Crippen LogP contribution in [0.25, 0.3) is 0 Å². The molecule has 2 heterocycles. The summed E-state index contributed by atoms with van der Waals surface area (Å²) >= 11 is 0. The number of nitrogens with zero attached hydrogens (tertiary/aromatic N) is 3. The lowest BCUT2D eigenvalue weighted by Crippen LogP contribution is -2.14. The third-order valence-electron chi connectivity index (χ3n) is 2.68. The van der Waals surface area contributed by atoms with Crippen molar-refractivity contribution >= 4 is 0 Å². The second-order valence-electron chi connectivity index (χ2n) is 4.28. The largest absolute Gasteiger partial charge is 0.490 e. The number of hydrogen-bond acceptors (Lipinski definition) is 4. The molecule has 0 spiro atoms. The van der Waals surface area contributed by atoms with E-state index < -0.39 is 0 Å². The van der Waals surface area contributed by atoms with Gasteiger partial charge in [-0.1, -0.05) is 6.92 Å². The van der Waals surface area contributed by atoms with Gasteiger partial charge in [0.05, 0.1) is 18.4 Å². The number of nitrogens with one attached hydrogen (secondary N) is 1. The molecule has 0 bridgehead atoms. The summed E-state index contributed by atoms with van der Waals surface area (Å²) in [6, 6.07) is 5.85. The molecule has 0 radical (unpaired) electrons. The van der Waals surface area contributed by atoms with E-state index in [1.165, 1.54) is 0 Å². The molecule has 2 aromatic heterocycles. The van der Waals surface area contributed by atoms with Crippen LogP contribution in [-0.2, 0) is 13.1 Å². The maximum atomic E-state index is 5.62. The van der Waals surface area contributed by atoms with Gasteiger partial charge in [0.2, 0.25) is 0 Å². The molecule has 0 atom stereocenters. The standard InChI is InChI=1S/C14H20N4O/c1-2-6-15-11-13-4-5-14(12-16-13)19-10-9-18-8-3-7-17-18/h3-5,7-8,12,15H,2,6,9-11H2,1H3. The Hall–Kier alpha value is -1.88. The molecule has 0 aliphatic heterocycles. The molecule has 2 aromatic rings. The molecule has 0 aliphatic carbocycles. The summed E-state index contributed by atoms with van der Waals surface area (Å²) in [5.74, 6) is 0.798. The van der Waals surface area contributed by atoms with Crippen LogP contribution >= 0.6 is 0 Å². The van der Waals surface area contributed by atoms with Crippen molar-refractivity contribution in [1.82, 2.24) is 20.1 Å². The molecular weight excluding hydrogens is 240 g/mol. The normalized spacial score (nSPS) is 10.6. The van der Waals surface area contributed by atoms with Gasteiger partial charge in [-0.05, 0) is 31.2 Å². The van der Waals surface area contributed by atoms with Gasteiger partial charge in [0.25, 0.3) is 0 Å². The maximum absolute atomic E-state index is 5.62. The molecule has 0 saturated heterocycles. The Morgan fingerprint density at radius 2 is 2.32 bits per heavy atom. The van der Waals surface area contributed by atoms with Crippen molar-refractivity contribution in [1.29, 1.82) is 0 Å². The number of aromatic nitrogens is 3. The molecule has 0 fully saturated rings. The molecule has 2 rings (SSSR count). The van der Waals surface area contributed by atoms with E-state index >= 15 is 0 Å². The Bertz CT molecular complexity index is 453. The summed E-state index contributed by atoms with van der Waals surface area (Å²) in [6.07, 6.45) is 6.59. The summed E-state index contributed by atoms with van der Waals surface area (Å²) in [4.78, 5) is 4.36. The van der Waals surface area contributed by atoms with Crippen molar-refractivity contribution in [3.05, 3.63) is 42.5 Å². The van der Waals surface area contributed by atoms with Crippen LogP contribution in [0.15, 0.2) is 36.8 Å². The second-order valence-corrected chi connectivity index (χ2v) is 4.28. The van der Waals surface area contributed by atoms with Gasteiger partial charge in [-0.15, -0.1) is 0 Å². The average molecular weight is 260 g/mol. The maximum Gasteiger partial charge on any atom is 0.137 e. The quantitative estimate of drug-likeness (QED) is 0.736. The van der Waals surface area contributed by atoms with E-state index in [1.54, 1.807) is 12.4 Å². The SMILES string of the molecule is CCCNCc1ccc(OCCn2cccn2)cn1. The van der Waals surface area contributed by atoms with Crippen molar-refractivity contribution in [2.24, 2.45) is 0 Å². The smallest absolute Gasteiger partial charge is 0.137 e. The number of pyridine rings is 1. The van der Waals surface area contributed by atoms with Gasteiger partial charge < -0.3 is 10.1 Å². The fourth-order valence-electron chi connectivity index (χ4n) is 1.68. The van der Waals surface area contributed by atoms with Crippen LogP contribution < -0.4 is 10.1 Å². The predicted molar refractivity (Wildman–Crippen MR) is 74.0 cm³/mol. The van der Waals surface area contributed by atoms with Gasteiger partial charge in [-0.2, -0.15) is 5.10 Å². The Morgan fingerprint density at radius 1 is 1.37 bits per heavy atom. The number of ether oxygens (including phenoxy) is 1. The number of rotatable bonds is 8. The third-order valence-corrected chi connectivity index (χ3v) is 2.68. The van der Waals surface area contributed by atoms with Crippen molar-refractivity contribution < 1.29 is 4.74 Å². The molecule has 102 valence electrons. The molecule has 0 unspecified atom stereocenters. The molecule has 0 aromatic carbocycles. The predicted octanol–water partition coefficient (Wildman–Crippen LogP) is 1.86. The third kappa shape index (κ3) is 4.71. The Kier molecular flexibility index (Phi) is 5.37. The van der Waals surface area contributed by atoms with Gasteiger partial charge in [0, 0.05) is 18.9 Å². The van der Waals surface area contributed by atoms with Gasteiger partial charge in [0.1, 0.15) is 12.4 Å². The lowest BCUT2D eigenvalue weighted by atomic mass is 10.3. The van der Waals surface area contributed by atoms with E-state index in [-0.39, 0.29) is 0 Å². The zero-order valence-corrected chi connectivity index (χ0v) is 11.2. The lowest BCUT2D eigenvalue weighted by molar-refractivity contribution is 0.290. The molecule has 5 heteroatoms. The van der Waals surface area contributed by atoms with E-state index in [4.69, 9.17) is 4.74 Å². The van der Waals surface area contributed by atoms with Crippen molar-refractivity contribution in [3.8, 4) is 5.75 Å². The van der Waals surface area contributed by atoms with Crippen molar-refractivity contribution in [2.45, 2.75) is 26.4 Å². The monoisotopic (exact) mass is 260 g/mol. The first-order valence-corrected chi connectivity index (χ1v) is 6.64. The van der Waals surface area contributed by atoms with E-state index in [2.05, 4.69) is 22.3 Å². The lowest BCUT2D eigenvalue weighted by Gasteiger charge is -2.07. The van der Waals surface area contributed by atoms with Crippen LogP contribution in [0.3, 0.4) is 0 Å². The minimum absolute atomic E-state index is 0.594. The highest BCUT2D eigenvalue weighted by molar-refractivity contribution is 5.19. The summed E-state index contributed by atoms with van der Waals surface area (Å²) in [7, 11) is 0. The second kappa shape index (κ2) is 7.53. The van der Waals surface area contributed by atoms with Crippen LogP contribution in [0.1, 0.15) is 19.0 Å². The first kappa shape index (κ1) is 13.5. The van der Waals surface area contributed by atoms with Gasteiger partial charge in [-0.25, -0.2) is 0 Å². The minimum atomic E-state index is 0.594. The van der Waals surface area contributed by atoms with Crippen LogP contribution in [0.5, 0.6) is 5.75 Å².